The van der Waals surface area contributed by atoms with Crippen molar-refractivity contribution in [3.05, 3.63) is 47.5 Å². The van der Waals surface area contributed by atoms with E-state index < -0.39 is 0 Å². The summed E-state index contributed by atoms with van der Waals surface area (Å²) in [5, 5.41) is 10.8. The van der Waals surface area contributed by atoms with Gasteiger partial charge >= 0.3 is 0 Å². The van der Waals surface area contributed by atoms with E-state index in [1.54, 1.807) is 13.3 Å². The Morgan fingerprint density at radius 2 is 2.15 bits per heavy atom. The highest BCUT2D eigenvalue weighted by Crippen LogP contribution is 2.22. The van der Waals surface area contributed by atoms with Crippen LogP contribution in [-0.4, -0.2) is 27.4 Å². The second-order valence-electron chi connectivity index (χ2n) is 4.41. The summed E-state index contributed by atoms with van der Waals surface area (Å²) in [6, 6.07) is 7.78. The van der Waals surface area contributed by atoms with Gasteiger partial charge in [-0.25, -0.2) is 0 Å². The van der Waals surface area contributed by atoms with E-state index in [4.69, 9.17) is 9.26 Å². The molecule has 0 radical (unpaired) electrons. The third-order valence-electron chi connectivity index (χ3n) is 3.07. The van der Waals surface area contributed by atoms with Crippen molar-refractivity contribution in [2.24, 2.45) is 0 Å². The van der Waals surface area contributed by atoms with E-state index in [0.29, 0.717) is 18.1 Å². The van der Waals surface area contributed by atoms with E-state index in [2.05, 4.69) is 20.3 Å². The van der Waals surface area contributed by atoms with Gasteiger partial charge in [-0.05, 0) is 13.0 Å². The standard InChI is InChI=1S/C14H14N4O2/c1-9-11(8-15-17-9)14-16-13(18-20-14)7-10-5-3-4-6-12(10)19-2/h3-6,8H,7H2,1-2H3,(H,15,17). The number of hydrogen-bond acceptors (Lipinski definition) is 5. The summed E-state index contributed by atoms with van der Waals surface area (Å²) >= 11 is 0. The minimum Gasteiger partial charge on any atom is -0.496 e. The smallest absolute Gasteiger partial charge is 0.261 e. The minimum atomic E-state index is 0.473. The molecule has 0 atom stereocenters. The number of benzene rings is 1. The predicted octanol–water partition coefficient (Wildman–Crippen LogP) is 2.37. The number of hydrogen-bond donors (Lipinski definition) is 1. The molecule has 0 bridgehead atoms. The van der Waals surface area contributed by atoms with Crippen molar-refractivity contribution in [2.75, 3.05) is 7.11 Å². The Labute approximate surface area is 115 Å². The predicted molar refractivity (Wildman–Crippen MR) is 72.4 cm³/mol. The van der Waals surface area contributed by atoms with Crippen LogP contribution >= 0.6 is 0 Å². The third-order valence-corrected chi connectivity index (χ3v) is 3.07. The molecule has 2 aromatic heterocycles. The van der Waals surface area contributed by atoms with Crippen LogP contribution in [0, 0.1) is 6.92 Å². The summed E-state index contributed by atoms with van der Waals surface area (Å²) in [6.45, 7) is 1.91. The Morgan fingerprint density at radius 1 is 1.30 bits per heavy atom. The SMILES string of the molecule is COc1ccccc1Cc1noc(-c2cn[nH]c2C)n1. The highest BCUT2D eigenvalue weighted by Gasteiger charge is 2.14. The number of para-hydroxylation sites is 1. The van der Waals surface area contributed by atoms with E-state index in [9.17, 15) is 0 Å². The van der Waals surface area contributed by atoms with Crippen LogP contribution in [0.2, 0.25) is 0 Å². The van der Waals surface area contributed by atoms with Gasteiger partial charge in [0, 0.05) is 17.7 Å². The van der Waals surface area contributed by atoms with Crippen LogP contribution in [0.25, 0.3) is 11.5 Å². The van der Waals surface area contributed by atoms with Gasteiger partial charge in [0.15, 0.2) is 5.82 Å². The zero-order valence-electron chi connectivity index (χ0n) is 11.3. The van der Waals surface area contributed by atoms with Gasteiger partial charge in [0.05, 0.1) is 18.9 Å². The number of ether oxygens (including phenoxy) is 1. The molecule has 2 heterocycles. The van der Waals surface area contributed by atoms with Gasteiger partial charge < -0.3 is 9.26 Å². The molecule has 1 aromatic carbocycles. The lowest BCUT2D eigenvalue weighted by Crippen LogP contribution is -1.95. The summed E-state index contributed by atoms with van der Waals surface area (Å²) in [5.41, 5.74) is 2.74. The summed E-state index contributed by atoms with van der Waals surface area (Å²) < 4.78 is 10.6. The number of aryl methyl sites for hydroxylation is 1. The summed E-state index contributed by atoms with van der Waals surface area (Å²) in [4.78, 5) is 4.39. The van der Waals surface area contributed by atoms with Crippen LogP contribution in [-0.2, 0) is 6.42 Å². The summed E-state index contributed by atoms with van der Waals surface area (Å²) in [6.07, 6.45) is 2.24. The van der Waals surface area contributed by atoms with E-state index in [1.807, 2.05) is 31.2 Å². The van der Waals surface area contributed by atoms with Crippen LogP contribution < -0.4 is 4.74 Å². The lowest BCUT2D eigenvalue weighted by atomic mass is 10.1. The molecule has 20 heavy (non-hydrogen) atoms. The summed E-state index contributed by atoms with van der Waals surface area (Å²) in [5.74, 6) is 1.91. The first-order valence-electron chi connectivity index (χ1n) is 6.22. The molecule has 0 aliphatic rings. The molecule has 102 valence electrons. The fourth-order valence-corrected chi connectivity index (χ4v) is 2.02. The summed E-state index contributed by atoms with van der Waals surface area (Å²) in [7, 11) is 1.65. The molecule has 3 rings (SSSR count). The molecule has 0 aliphatic carbocycles. The Kier molecular flexibility index (Phi) is 3.20. The second-order valence-corrected chi connectivity index (χ2v) is 4.41. The third kappa shape index (κ3) is 2.27. The van der Waals surface area contributed by atoms with Gasteiger partial charge in [-0.2, -0.15) is 10.1 Å². The molecule has 1 N–H and O–H groups in total. The fraction of sp³-hybridized carbons (Fsp3) is 0.214. The number of aromatic amines is 1. The van der Waals surface area contributed by atoms with Gasteiger partial charge in [0.25, 0.3) is 5.89 Å². The van der Waals surface area contributed by atoms with Crippen molar-refractivity contribution in [1.29, 1.82) is 0 Å². The molecule has 0 saturated carbocycles. The molecular weight excluding hydrogens is 256 g/mol. The van der Waals surface area contributed by atoms with Crippen molar-refractivity contribution in [3.63, 3.8) is 0 Å². The van der Waals surface area contributed by atoms with Gasteiger partial charge in [0.1, 0.15) is 5.75 Å². The molecular formula is C14H14N4O2. The topological polar surface area (TPSA) is 76.8 Å². The molecule has 0 aliphatic heterocycles. The molecule has 0 unspecified atom stereocenters. The molecule has 6 heteroatoms. The molecule has 0 spiro atoms. The van der Waals surface area contributed by atoms with Gasteiger partial charge in [-0.3, -0.25) is 5.10 Å². The number of methoxy groups -OCH3 is 1. The Hall–Kier alpha value is -2.63. The molecule has 6 nitrogen and oxygen atoms in total. The molecule has 3 aromatic rings. The highest BCUT2D eigenvalue weighted by molar-refractivity contribution is 5.54. The second kappa shape index (κ2) is 5.16. The van der Waals surface area contributed by atoms with Crippen molar-refractivity contribution in [1.82, 2.24) is 20.3 Å². The lowest BCUT2D eigenvalue weighted by molar-refractivity contribution is 0.408. The Bertz CT molecular complexity index is 717. The lowest BCUT2D eigenvalue weighted by Gasteiger charge is -2.04. The highest BCUT2D eigenvalue weighted by atomic mass is 16.5. The van der Waals surface area contributed by atoms with Gasteiger partial charge in [0.2, 0.25) is 0 Å². The largest absolute Gasteiger partial charge is 0.496 e. The normalized spacial score (nSPS) is 10.7. The van der Waals surface area contributed by atoms with Crippen LogP contribution in [0.1, 0.15) is 17.1 Å². The van der Waals surface area contributed by atoms with Crippen LogP contribution in [0.3, 0.4) is 0 Å². The number of nitrogens with zero attached hydrogens (tertiary/aromatic N) is 3. The maximum Gasteiger partial charge on any atom is 0.261 e. The number of rotatable bonds is 4. The van der Waals surface area contributed by atoms with Crippen LogP contribution in [0.15, 0.2) is 35.0 Å². The number of aromatic nitrogens is 4. The van der Waals surface area contributed by atoms with Crippen LogP contribution in [0.5, 0.6) is 5.75 Å². The van der Waals surface area contributed by atoms with Crippen molar-refractivity contribution in [2.45, 2.75) is 13.3 Å². The maximum atomic E-state index is 5.31. The first-order valence-corrected chi connectivity index (χ1v) is 6.22. The van der Waals surface area contributed by atoms with Crippen molar-refractivity contribution >= 4 is 0 Å². The van der Waals surface area contributed by atoms with Gasteiger partial charge in [-0.15, -0.1) is 0 Å². The Morgan fingerprint density at radius 3 is 2.90 bits per heavy atom. The monoisotopic (exact) mass is 270 g/mol. The zero-order valence-corrected chi connectivity index (χ0v) is 11.3. The van der Waals surface area contributed by atoms with Crippen molar-refractivity contribution < 1.29 is 9.26 Å². The molecule has 0 saturated heterocycles. The maximum absolute atomic E-state index is 5.31. The molecule has 0 amide bonds. The van der Waals surface area contributed by atoms with E-state index in [0.717, 1.165) is 22.6 Å². The number of nitrogens with one attached hydrogen (secondary N) is 1. The first-order chi connectivity index (χ1) is 9.78. The van der Waals surface area contributed by atoms with Crippen molar-refractivity contribution in [3.8, 4) is 17.2 Å². The fourth-order valence-electron chi connectivity index (χ4n) is 2.02. The quantitative estimate of drug-likeness (QED) is 0.787. The van der Waals surface area contributed by atoms with E-state index in [1.165, 1.54) is 0 Å². The average Bonchev–Trinajstić information content (AvgIpc) is 3.08. The minimum absolute atomic E-state index is 0.473. The van der Waals surface area contributed by atoms with E-state index in [-0.39, 0.29) is 0 Å². The number of H-pyrrole nitrogens is 1. The first kappa shape index (κ1) is 12.4. The molecule has 0 fully saturated rings. The van der Waals surface area contributed by atoms with Crippen LogP contribution in [0.4, 0.5) is 0 Å². The average molecular weight is 270 g/mol. The van der Waals surface area contributed by atoms with E-state index >= 15 is 0 Å². The zero-order chi connectivity index (χ0) is 13.9. The Balaban J connectivity index is 1.86. The van der Waals surface area contributed by atoms with Gasteiger partial charge in [-0.1, -0.05) is 23.4 Å².